The average Bonchev–Trinajstić information content (AvgIpc) is 2.65. The van der Waals surface area contributed by atoms with E-state index in [1.807, 2.05) is 19.1 Å². The van der Waals surface area contributed by atoms with Crippen molar-refractivity contribution in [3.05, 3.63) is 65.2 Å². The molecule has 0 bridgehead atoms. The number of benzene rings is 2. The van der Waals surface area contributed by atoms with Crippen LogP contribution in [0.4, 0.5) is 5.69 Å². The summed E-state index contributed by atoms with van der Waals surface area (Å²) in [6.45, 7) is 2.06. The van der Waals surface area contributed by atoms with Crippen molar-refractivity contribution >= 4 is 17.5 Å². The summed E-state index contributed by atoms with van der Waals surface area (Å²) in [6.07, 6.45) is -0.113. The van der Waals surface area contributed by atoms with Gasteiger partial charge in [0.2, 0.25) is 0 Å². The molecule has 1 atom stereocenters. The number of methoxy groups -OCH3 is 1. The fraction of sp³-hybridized carbons (Fsp3) is 0.211. The normalized spacial score (nSPS) is 11.2. The standard InChI is InChI=1S/C19H19N3O3/c1-13(25-2)16-7-4-8-17(10-16)22-19(24)18(23)21-12-15-6-3-5-14(9-15)11-20/h3-10,13H,12H2,1-2H3,(H,21,23)(H,22,24). The van der Waals surface area contributed by atoms with Crippen molar-refractivity contribution in [1.82, 2.24) is 5.32 Å². The number of anilines is 1. The zero-order valence-corrected chi connectivity index (χ0v) is 14.1. The summed E-state index contributed by atoms with van der Waals surface area (Å²) in [7, 11) is 1.60. The van der Waals surface area contributed by atoms with Gasteiger partial charge in [-0.25, -0.2) is 0 Å². The lowest BCUT2D eigenvalue weighted by Gasteiger charge is -2.12. The Morgan fingerprint density at radius 3 is 2.64 bits per heavy atom. The molecule has 25 heavy (non-hydrogen) atoms. The molecule has 2 rings (SSSR count). The van der Waals surface area contributed by atoms with Crippen LogP contribution in [-0.2, 0) is 20.9 Å². The van der Waals surface area contributed by atoms with Crippen molar-refractivity contribution in [1.29, 1.82) is 5.26 Å². The first kappa shape index (κ1) is 18.2. The third-order valence-electron chi connectivity index (χ3n) is 3.68. The van der Waals surface area contributed by atoms with Gasteiger partial charge in [0.25, 0.3) is 0 Å². The maximum absolute atomic E-state index is 12.0. The van der Waals surface area contributed by atoms with Gasteiger partial charge in [-0.2, -0.15) is 5.26 Å². The van der Waals surface area contributed by atoms with Gasteiger partial charge < -0.3 is 15.4 Å². The van der Waals surface area contributed by atoms with Gasteiger partial charge in [0.15, 0.2) is 0 Å². The maximum Gasteiger partial charge on any atom is 0.313 e. The minimum atomic E-state index is -0.751. The number of carbonyl (C=O) groups is 2. The average molecular weight is 337 g/mol. The van der Waals surface area contributed by atoms with E-state index < -0.39 is 11.8 Å². The fourth-order valence-corrected chi connectivity index (χ4v) is 2.21. The number of nitrogens with one attached hydrogen (secondary N) is 2. The van der Waals surface area contributed by atoms with Gasteiger partial charge in [-0.3, -0.25) is 9.59 Å². The molecule has 0 radical (unpaired) electrons. The first-order valence-electron chi connectivity index (χ1n) is 7.74. The van der Waals surface area contributed by atoms with Gasteiger partial charge >= 0.3 is 11.8 Å². The van der Waals surface area contributed by atoms with E-state index >= 15 is 0 Å². The van der Waals surface area contributed by atoms with Gasteiger partial charge in [0, 0.05) is 19.3 Å². The molecule has 128 valence electrons. The third kappa shape index (κ3) is 5.16. The summed E-state index contributed by atoms with van der Waals surface area (Å²) in [6, 6.07) is 16.0. The Hall–Kier alpha value is -3.17. The van der Waals surface area contributed by atoms with Crippen LogP contribution in [0.2, 0.25) is 0 Å². The predicted molar refractivity (Wildman–Crippen MR) is 93.5 cm³/mol. The van der Waals surface area contributed by atoms with E-state index in [0.29, 0.717) is 11.3 Å². The molecule has 2 N–H and O–H groups in total. The Kier molecular flexibility index (Phi) is 6.26. The number of nitriles is 1. The predicted octanol–water partition coefficient (Wildman–Crippen LogP) is 2.52. The second-order valence-electron chi connectivity index (χ2n) is 5.45. The highest BCUT2D eigenvalue weighted by Crippen LogP contribution is 2.19. The van der Waals surface area contributed by atoms with Gasteiger partial charge in [0.05, 0.1) is 17.7 Å². The number of nitrogens with zero attached hydrogens (tertiary/aromatic N) is 1. The first-order chi connectivity index (χ1) is 12.0. The molecule has 0 saturated heterocycles. The van der Waals surface area contributed by atoms with Crippen molar-refractivity contribution in [2.45, 2.75) is 19.6 Å². The summed E-state index contributed by atoms with van der Waals surface area (Å²) in [5, 5.41) is 14.0. The summed E-state index contributed by atoms with van der Waals surface area (Å²) in [5.74, 6) is -1.49. The Bertz CT molecular complexity index is 812. The van der Waals surface area contributed by atoms with Crippen molar-refractivity contribution < 1.29 is 14.3 Å². The Balaban J connectivity index is 1.94. The highest BCUT2D eigenvalue weighted by molar-refractivity contribution is 6.39. The molecule has 0 aliphatic heterocycles. The number of amides is 2. The Morgan fingerprint density at radius 2 is 1.92 bits per heavy atom. The SMILES string of the molecule is COC(C)c1cccc(NC(=O)C(=O)NCc2cccc(C#N)c2)c1. The number of ether oxygens (including phenoxy) is 1. The van der Waals surface area contributed by atoms with Crippen LogP contribution in [0.25, 0.3) is 0 Å². The van der Waals surface area contributed by atoms with E-state index in [4.69, 9.17) is 10.00 Å². The summed E-state index contributed by atoms with van der Waals surface area (Å²) >= 11 is 0. The molecule has 2 aromatic rings. The minimum absolute atomic E-state index is 0.113. The van der Waals surface area contributed by atoms with E-state index in [2.05, 4.69) is 10.6 Å². The van der Waals surface area contributed by atoms with Gasteiger partial charge in [0.1, 0.15) is 0 Å². The molecule has 0 aliphatic carbocycles. The van der Waals surface area contributed by atoms with E-state index in [1.54, 1.807) is 49.6 Å². The van der Waals surface area contributed by atoms with E-state index in [9.17, 15) is 9.59 Å². The monoisotopic (exact) mass is 337 g/mol. The highest BCUT2D eigenvalue weighted by atomic mass is 16.5. The molecular formula is C19H19N3O3. The summed E-state index contributed by atoms with van der Waals surface area (Å²) < 4.78 is 5.24. The van der Waals surface area contributed by atoms with Crippen LogP contribution in [0.5, 0.6) is 0 Å². The van der Waals surface area contributed by atoms with Crippen molar-refractivity contribution in [3.8, 4) is 6.07 Å². The van der Waals surface area contributed by atoms with E-state index in [-0.39, 0.29) is 12.6 Å². The number of hydrogen-bond acceptors (Lipinski definition) is 4. The van der Waals surface area contributed by atoms with Gasteiger partial charge in [-0.1, -0.05) is 24.3 Å². The first-order valence-corrected chi connectivity index (χ1v) is 7.74. The third-order valence-corrected chi connectivity index (χ3v) is 3.68. The number of carbonyl (C=O) groups excluding carboxylic acids is 2. The lowest BCUT2D eigenvalue weighted by molar-refractivity contribution is -0.136. The molecule has 1 unspecified atom stereocenters. The van der Waals surface area contributed by atoms with E-state index in [0.717, 1.165) is 11.1 Å². The van der Waals surface area contributed by atoms with Crippen LogP contribution in [0, 0.1) is 11.3 Å². The molecule has 0 fully saturated rings. The van der Waals surface area contributed by atoms with E-state index in [1.165, 1.54) is 0 Å². The second kappa shape index (κ2) is 8.62. The molecule has 0 aromatic heterocycles. The van der Waals surface area contributed by atoms with Gasteiger partial charge in [-0.05, 0) is 42.3 Å². The van der Waals surface area contributed by atoms with Crippen LogP contribution in [0.1, 0.15) is 29.7 Å². The minimum Gasteiger partial charge on any atom is -0.377 e. The molecule has 6 nitrogen and oxygen atoms in total. The zero-order valence-electron chi connectivity index (χ0n) is 14.1. The smallest absolute Gasteiger partial charge is 0.313 e. The maximum atomic E-state index is 12.0. The summed E-state index contributed by atoms with van der Waals surface area (Å²) in [5.41, 5.74) is 2.67. The van der Waals surface area contributed by atoms with Gasteiger partial charge in [-0.15, -0.1) is 0 Å². The molecule has 2 aromatic carbocycles. The molecule has 2 amide bonds. The van der Waals surface area contributed by atoms with Crippen molar-refractivity contribution in [3.63, 3.8) is 0 Å². The topological polar surface area (TPSA) is 91.2 Å². The van der Waals surface area contributed by atoms with Crippen LogP contribution >= 0.6 is 0 Å². The highest BCUT2D eigenvalue weighted by Gasteiger charge is 2.14. The fourth-order valence-electron chi connectivity index (χ4n) is 2.21. The molecule has 6 heteroatoms. The lowest BCUT2D eigenvalue weighted by atomic mass is 10.1. The molecule has 0 spiro atoms. The molecule has 0 saturated carbocycles. The largest absolute Gasteiger partial charge is 0.377 e. The van der Waals surface area contributed by atoms with Crippen LogP contribution in [-0.4, -0.2) is 18.9 Å². The number of rotatable bonds is 5. The Morgan fingerprint density at radius 1 is 1.16 bits per heavy atom. The molecular weight excluding hydrogens is 318 g/mol. The molecule has 0 aliphatic rings. The second-order valence-corrected chi connectivity index (χ2v) is 5.45. The van der Waals surface area contributed by atoms with Crippen molar-refractivity contribution in [2.24, 2.45) is 0 Å². The van der Waals surface area contributed by atoms with Crippen LogP contribution < -0.4 is 10.6 Å². The van der Waals surface area contributed by atoms with Crippen LogP contribution in [0.3, 0.4) is 0 Å². The van der Waals surface area contributed by atoms with Crippen molar-refractivity contribution in [2.75, 3.05) is 12.4 Å². The lowest BCUT2D eigenvalue weighted by Crippen LogP contribution is -2.35. The summed E-state index contributed by atoms with van der Waals surface area (Å²) in [4.78, 5) is 23.9. The van der Waals surface area contributed by atoms with Crippen LogP contribution in [0.15, 0.2) is 48.5 Å². The number of hydrogen-bond donors (Lipinski definition) is 2. The quantitative estimate of drug-likeness (QED) is 0.820. The Labute approximate surface area is 146 Å². The molecule has 0 heterocycles. The zero-order chi connectivity index (χ0) is 18.2.